The number of aliphatic hydroxyl groups is 3. The number of thiazole rings is 1. The summed E-state index contributed by atoms with van der Waals surface area (Å²) in [4.78, 5) is 20.6. The van der Waals surface area contributed by atoms with Gasteiger partial charge in [-0.15, -0.1) is 11.3 Å². The van der Waals surface area contributed by atoms with Gasteiger partial charge in [-0.25, -0.2) is 17.7 Å². The van der Waals surface area contributed by atoms with Crippen LogP contribution in [0.3, 0.4) is 0 Å². The van der Waals surface area contributed by atoms with E-state index in [-0.39, 0.29) is 23.9 Å². The fraction of sp³-hybridized carbons (Fsp3) is 0.500. The first kappa shape index (κ1) is 25.1. The number of aliphatic hydroxyl groups excluding tert-OH is 3. The summed E-state index contributed by atoms with van der Waals surface area (Å²) < 4.78 is 29.2. The summed E-state index contributed by atoms with van der Waals surface area (Å²) >= 11 is 0.946. The van der Waals surface area contributed by atoms with Crippen molar-refractivity contribution < 1.29 is 33.3 Å². The number of hydrogen-bond acceptors (Lipinski definition) is 10. The van der Waals surface area contributed by atoms with Crippen LogP contribution in [0, 0.1) is 0 Å². The van der Waals surface area contributed by atoms with Gasteiger partial charge >= 0.3 is 0 Å². The summed E-state index contributed by atoms with van der Waals surface area (Å²) in [7, 11) is -0.806. The number of carbonyl (C=O) groups excluding carboxylic acids is 1. The van der Waals surface area contributed by atoms with Crippen LogP contribution in [0.1, 0.15) is 28.6 Å². The molecule has 0 saturated carbocycles. The zero-order valence-corrected chi connectivity index (χ0v) is 18.9. The van der Waals surface area contributed by atoms with Crippen LogP contribution in [0.4, 0.5) is 5.13 Å². The average Bonchev–Trinajstić information content (AvgIpc) is 3.24. The summed E-state index contributed by atoms with van der Waals surface area (Å²) in [5.74, 6) is -0.750. The molecule has 0 aliphatic rings. The molecule has 2 aromatic heterocycles. The van der Waals surface area contributed by atoms with E-state index in [1.54, 1.807) is 0 Å². The highest BCUT2D eigenvalue weighted by atomic mass is 32.2. The number of anilines is 1. The Hall–Kier alpha value is -2.16. The molecule has 2 heterocycles. The van der Waals surface area contributed by atoms with Crippen LogP contribution in [-0.2, 0) is 14.8 Å². The second kappa shape index (κ2) is 10.9. The lowest BCUT2D eigenvalue weighted by atomic mass is 9.94. The molecule has 172 valence electrons. The Morgan fingerprint density at radius 2 is 1.94 bits per heavy atom. The van der Waals surface area contributed by atoms with Crippen molar-refractivity contribution in [3.63, 3.8) is 0 Å². The van der Waals surface area contributed by atoms with E-state index in [0.717, 1.165) is 21.9 Å². The smallest absolute Gasteiger partial charge is 0.271 e. The summed E-state index contributed by atoms with van der Waals surface area (Å²) in [6, 6.07) is 1.74. The van der Waals surface area contributed by atoms with Crippen molar-refractivity contribution in [1.82, 2.24) is 15.3 Å². The van der Waals surface area contributed by atoms with Gasteiger partial charge in [0.15, 0.2) is 5.13 Å². The van der Waals surface area contributed by atoms with Gasteiger partial charge in [0.05, 0.1) is 18.4 Å². The number of methoxy groups -OCH3 is 1. The average molecular weight is 475 g/mol. The summed E-state index contributed by atoms with van der Waals surface area (Å²) in [6.45, 7) is 0.164. The Morgan fingerprint density at radius 1 is 1.29 bits per heavy atom. The molecule has 0 aliphatic heterocycles. The van der Waals surface area contributed by atoms with Crippen LogP contribution in [-0.4, -0.2) is 84.9 Å². The van der Waals surface area contributed by atoms with Crippen LogP contribution < -0.4 is 9.62 Å². The highest BCUT2D eigenvalue weighted by molar-refractivity contribution is 7.92. The van der Waals surface area contributed by atoms with Crippen LogP contribution in [0.2, 0.25) is 0 Å². The number of sulfonamides is 1. The molecule has 4 atom stereocenters. The van der Waals surface area contributed by atoms with Crippen molar-refractivity contribution in [2.24, 2.45) is 0 Å². The van der Waals surface area contributed by atoms with Gasteiger partial charge in [-0.1, -0.05) is 0 Å². The molecule has 2 rings (SSSR count). The highest BCUT2D eigenvalue weighted by Gasteiger charge is 2.35. The van der Waals surface area contributed by atoms with E-state index in [0.29, 0.717) is 5.56 Å². The first-order valence-electron chi connectivity index (χ1n) is 9.19. The number of carbonyl (C=O) groups is 1. The van der Waals surface area contributed by atoms with Crippen molar-refractivity contribution in [3.8, 4) is 0 Å². The van der Waals surface area contributed by atoms with Gasteiger partial charge in [-0.05, 0) is 24.1 Å². The Balaban J connectivity index is 2.26. The van der Waals surface area contributed by atoms with Gasteiger partial charge < -0.3 is 25.4 Å². The molecule has 0 aromatic carbocycles. The van der Waals surface area contributed by atoms with E-state index in [2.05, 4.69) is 15.3 Å². The summed E-state index contributed by atoms with van der Waals surface area (Å²) in [5.41, 5.74) is 0.273. The third-order valence-corrected chi connectivity index (χ3v) is 6.76. The Labute approximate surface area is 184 Å². The van der Waals surface area contributed by atoms with Crippen LogP contribution >= 0.6 is 11.3 Å². The highest BCUT2D eigenvalue weighted by Crippen LogP contribution is 2.24. The zero-order valence-electron chi connectivity index (χ0n) is 17.2. The van der Waals surface area contributed by atoms with Crippen LogP contribution in [0.25, 0.3) is 0 Å². The monoisotopic (exact) mass is 474 g/mol. The maximum Gasteiger partial charge on any atom is 0.271 e. The topological polar surface area (TPSA) is 162 Å². The van der Waals surface area contributed by atoms with Gasteiger partial charge in [-0.2, -0.15) is 0 Å². The number of nitrogens with zero attached hydrogens (tertiary/aromatic N) is 3. The molecule has 13 heteroatoms. The molecule has 11 nitrogen and oxygen atoms in total. The van der Waals surface area contributed by atoms with Crippen molar-refractivity contribution in [2.45, 2.75) is 30.8 Å². The number of ether oxygens (including phenoxy) is 1. The molecule has 0 saturated heterocycles. The quantitative estimate of drug-likeness (QED) is 0.337. The van der Waals surface area contributed by atoms with E-state index in [4.69, 9.17) is 4.74 Å². The fourth-order valence-corrected chi connectivity index (χ4v) is 4.18. The predicted octanol–water partition coefficient (Wildman–Crippen LogP) is -0.476. The van der Waals surface area contributed by atoms with E-state index in [1.807, 2.05) is 0 Å². The first-order valence-corrected chi connectivity index (χ1v) is 11.9. The molecule has 0 bridgehead atoms. The Bertz CT molecular complexity index is 955. The van der Waals surface area contributed by atoms with E-state index in [1.165, 1.54) is 44.1 Å². The largest absolute Gasteiger partial charge is 0.390 e. The minimum Gasteiger partial charge on any atom is -0.390 e. The maximum atomic E-state index is 12.7. The minimum absolute atomic E-state index is 0.0765. The molecular weight excluding hydrogens is 448 g/mol. The molecule has 4 N–H and O–H groups in total. The van der Waals surface area contributed by atoms with Gasteiger partial charge in [0.2, 0.25) is 10.0 Å². The fourth-order valence-electron chi connectivity index (χ4n) is 2.65. The number of aromatic nitrogens is 2. The first-order chi connectivity index (χ1) is 14.6. The normalized spacial score (nSPS) is 15.7. The van der Waals surface area contributed by atoms with Crippen molar-refractivity contribution >= 4 is 32.4 Å². The van der Waals surface area contributed by atoms with Gasteiger partial charge in [0.25, 0.3) is 5.91 Å². The van der Waals surface area contributed by atoms with Crippen LogP contribution in [0.5, 0.6) is 0 Å². The number of rotatable bonds is 11. The number of nitrogens with one attached hydrogen (secondary N) is 1. The SMILES string of the molecule is COCCC(O)C(O)C(NC(=O)c1csc(N(C)S(C)(=O)=O)n1)C(O)c1ccncc1. The van der Waals surface area contributed by atoms with Gasteiger partial charge in [-0.3, -0.25) is 9.78 Å². The minimum atomic E-state index is -3.56. The molecule has 2 aromatic rings. The maximum absolute atomic E-state index is 12.7. The molecule has 4 unspecified atom stereocenters. The third-order valence-electron chi connectivity index (χ3n) is 4.56. The van der Waals surface area contributed by atoms with Crippen molar-refractivity contribution in [3.05, 3.63) is 41.2 Å². The molecule has 1 amide bonds. The molecule has 0 fully saturated rings. The van der Waals surface area contributed by atoms with E-state index >= 15 is 0 Å². The second-order valence-corrected chi connectivity index (χ2v) is 9.66. The lowest BCUT2D eigenvalue weighted by molar-refractivity contribution is -0.0466. The van der Waals surface area contributed by atoms with Crippen molar-refractivity contribution in [2.75, 3.05) is 31.3 Å². The lowest BCUT2D eigenvalue weighted by Crippen LogP contribution is -2.52. The standard InChI is InChI=1S/C18H26N4O7S2/c1-22(31(3,27)28)18-20-12(10-30-18)17(26)21-14(16(25)13(23)6-9-29-2)15(24)11-4-7-19-8-5-11/h4-5,7-8,10,13-16,23-25H,6,9H2,1-3H3,(H,21,26). The Morgan fingerprint density at radius 3 is 2.52 bits per heavy atom. The van der Waals surface area contributed by atoms with Crippen molar-refractivity contribution in [1.29, 1.82) is 0 Å². The van der Waals surface area contributed by atoms with E-state index in [9.17, 15) is 28.5 Å². The van der Waals surface area contributed by atoms with Gasteiger partial charge in [0.1, 0.15) is 17.9 Å². The molecule has 0 aliphatic carbocycles. The summed E-state index contributed by atoms with van der Waals surface area (Å²) in [6.07, 6.45) is -0.211. The molecule has 0 spiro atoms. The second-order valence-electron chi connectivity index (χ2n) is 6.81. The van der Waals surface area contributed by atoms with Crippen LogP contribution in [0.15, 0.2) is 29.9 Å². The summed E-state index contributed by atoms with van der Waals surface area (Å²) in [5, 5.41) is 35.6. The predicted molar refractivity (Wildman–Crippen MR) is 114 cm³/mol. The lowest BCUT2D eigenvalue weighted by Gasteiger charge is -2.31. The zero-order chi connectivity index (χ0) is 23.2. The molecule has 31 heavy (non-hydrogen) atoms. The Kier molecular flexibility index (Phi) is 8.85. The number of pyridine rings is 1. The number of hydrogen-bond donors (Lipinski definition) is 4. The molecular formula is C18H26N4O7S2. The number of amides is 1. The van der Waals surface area contributed by atoms with E-state index < -0.39 is 40.3 Å². The van der Waals surface area contributed by atoms with Gasteiger partial charge in [0, 0.05) is 38.5 Å². The molecule has 0 radical (unpaired) electrons. The third kappa shape index (κ3) is 6.66.